The summed E-state index contributed by atoms with van der Waals surface area (Å²) in [6, 6.07) is 8.46. The van der Waals surface area contributed by atoms with Crippen molar-refractivity contribution in [1.29, 1.82) is 0 Å². The molecule has 2 fully saturated rings. The minimum atomic E-state index is 0.385. The number of methoxy groups -OCH3 is 1. The summed E-state index contributed by atoms with van der Waals surface area (Å²) >= 11 is 0. The zero-order chi connectivity index (χ0) is 22.8. The molecule has 2 aliphatic heterocycles. The Morgan fingerprint density at radius 3 is 2.76 bits per heavy atom. The Balaban J connectivity index is 1.38. The zero-order valence-corrected chi connectivity index (χ0v) is 20.0. The third kappa shape index (κ3) is 4.74. The summed E-state index contributed by atoms with van der Waals surface area (Å²) < 4.78 is 7.56. The van der Waals surface area contributed by atoms with Gasteiger partial charge >= 0.3 is 0 Å². The first-order valence-corrected chi connectivity index (χ1v) is 12.1. The number of aromatic nitrogens is 4. The fourth-order valence-corrected chi connectivity index (χ4v) is 5.27. The molecule has 5 rings (SSSR count). The summed E-state index contributed by atoms with van der Waals surface area (Å²) in [6.45, 7) is 7.22. The average molecular weight is 447 g/mol. The lowest BCUT2D eigenvalue weighted by molar-refractivity contribution is 0.196. The molecule has 7 heteroatoms. The third-order valence-electron chi connectivity index (χ3n) is 6.89. The zero-order valence-electron chi connectivity index (χ0n) is 20.0. The second-order valence-electron chi connectivity index (χ2n) is 9.43. The number of benzene rings is 1. The van der Waals surface area contributed by atoms with Gasteiger partial charge in [0.25, 0.3) is 0 Å². The number of piperidine rings is 1. The van der Waals surface area contributed by atoms with E-state index in [1.807, 2.05) is 24.0 Å². The van der Waals surface area contributed by atoms with Crippen LogP contribution in [0.5, 0.6) is 5.75 Å². The molecule has 0 amide bonds. The van der Waals surface area contributed by atoms with Gasteiger partial charge in [-0.2, -0.15) is 5.10 Å². The predicted molar refractivity (Wildman–Crippen MR) is 131 cm³/mol. The molecule has 2 saturated heterocycles. The number of nitrogens with zero attached hydrogens (tertiary/aromatic N) is 6. The number of aryl methyl sites for hydroxylation is 2. The highest BCUT2D eigenvalue weighted by Crippen LogP contribution is 2.34. The van der Waals surface area contributed by atoms with E-state index in [1.54, 1.807) is 7.11 Å². The van der Waals surface area contributed by atoms with Crippen LogP contribution < -0.4 is 9.64 Å². The number of rotatable bonds is 6. The number of hydrogen-bond donors (Lipinski definition) is 0. The maximum absolute atomic E-state index is 5.63. The van der Waals surface area contributed by atoms with Crippen LogP contribution in [0.4, 0.5) is 5.95 Å². The molecule has 0 saturated carbocycles. The van der Waals surface area contributed by atoms with Gasteiger partial charge in [0.15, 0.2) is 0 Å². The van der Waals surface area contributed by atoms with Crippen LogP contribution in [0.2, 0.25) is 0 Å². The average Bonchev–Trinajstić information content (AvgIpc) is 3.50. The molecule has 4 heterocycles. The number of ether oxygens (including phenoxy) is 1. The lowest BCUT2D eigenvalue weighted by Crippen LogP contribution is -2.34. The highest BCUT2D eigenvalue weighted by Gasteiger charge is 2.27. The molecule has 1 aromatic carbocycles. The molecule has 2 aliphatic rings. The van der Waals surface area contributed by atoms with E-state index in [9.17, 15) is 0 Å². The van der Waals surface area contributed by atoms with E-state index in [-0.39, 0.29) is 0 Å². The Morgan fingerprint density at radius 2 is 1.94 bits per heavy atom. The molecule has 0 bridgehead atoms. The normalized spacial score (nSPS) is 19.2. The quantitative estimate of drug-likeness (QED) is 0.566. The molecular formula is C26H34N6O. The summed E-state index contributed by atoms with van der Waals surface area (Å²) in [5, 5.41) is 4.92. The molecule has 0 N–H and O–H groups in total. The lowest BCUT2D eigenvalue weighted by Gasteiger charge is -2.32. The van der Waals surface area contributed by atoms with Gasteiger partial charge < -0.3 is 9.64 Å². The van der Waals surface area contributed by atoms with Crippen molar-refractivity contribution in [3.05, 3.63) is 53.5 Å². The van der Waals surface area contributed by atoms with Crippen LogP contribution in [0.1, 0.15) is 48.4 Å². The molecule has 0 spiro atoms. The molecule has 1 atom stereocenters. The molecular weight excluding hydrogens is 412 g/mol. The van der Waals surface area contributed by atoms with Gasteiger partial charge in [0, 0.05) is 62.7 Å². The van der Waals surface area contributed by atoms with E-state index in [2.05, 4.69) is 46.1 Å². The van der Waals surface area contributed by atoms with Crippen molar-refractivity contribution in [3.63, 3.8) is 0 Å². The van der Waals surface area contributed by atoms with E-state index >= 15 is 0 Å². The summed E-state index contributed by atoms with van der Waals surface area (Å²) in [5.74, 6) is 2.20. The second-order valence-corrected chi connectivity index (χ2v) is 9.43. The summed E-state index contributed by atoms with van der Waals surface area (Å²) in [7, 11) is 3.76. The van der Waals surface area contributed by atoms with Gasteiger partial charge in [-0.1, -0.05) is 17.7 Å². The van der Waals surface area contributed by atoms with Gasteiger partial charge in [-0.15, -0.1) is 0 Å². The van der Waals surface area contributed by atoms with Gasteiger partial charge in [0.2, 0.25) is 5.95 Å². The molecule has 2 aromatic heterocycles. The van der Waals surface area contributed by atoms with Crippen LogP contribution in [-0.2, 0) is 13.6 Å². The van der Waals surface area contributed by atoms with E-state index in [0.29, 0.717) is 5.92 Å². The summed E-state index contributed by atoms with van der Waals surface area (Å²) in [4.78, 5) is 14.3. The molecule has 3 aromatic rings. The van der Waals surface area contributed by atoms with Crippen molar-refractivity contribution < 1.29 is 4.74 Å². The van der Waals surface area contributed by atoms with Crippen LogP contribution in [0.25, 0.3) is 11.3 Å². The van der Waals surface area contributed by atoms with Gasteiger partial charge in [0.1, 0.15) is 5.75 Å². The van der Waals surface area contributed by atoms with Crippen LogP contribution in [0.3, 0.4) is 0 Å². The number of anilines is 1. The van der Waals surface area contributed by atoms with E-state index in [1.165, 1.54) is 24.0 Å². The fourth-order valence-electron chi connectivity index (χ4n) is 5.27. The SMILES string of the molecule is COc1ccc(C)cc1CN1CCC[C@@H](c2nn(C)cc2-c2ccnc(N3CCCC3)n2)C1. The fraction of sp³-hybridized carbons (Fsp3) is 0.500. The summed E-state index contributed by atoms with van der Waals surface area (Å²) in [5.41, 5.74) is 5.80. The van der Waals surface area contributed by atoms with Crippen LogP contribution in [0.15, 0.2) is 36.7 Å². The highest BCUT2D eigenvalue weighted by molar-refractivity contribution is 5.63. The summed E-state index contributed by atoms with van der Waals surface area (Å²) in [6.07, 6.45) is 8.76. The van der Waals surface area contributed by atoms with Gasteiger partial charge in [-0.25, -0.2) is 9.97 Å². The molecule has 0 radical (unpaired) electrons. The first kappa shape index (κ1) is 21.9. The van der Waals surface area contributed by atoms with Crippen molar-refractivity contribution in [2.45, 2.75) is 45.1 Å². The standard InChI is InChI=1S/C26H34N6O/c1-19-8-9-24(33-3)21(15-19)17-31-12-6-7-20(16-31)25-22(18-30(2)29-25)23-10-11-27-26(28-23)32-13-4-5-14-32/h8-11,15,18,20H,4-7,12-14,16-17H2,1-3H3/t20-/m1/s1. The largest absolute Gasteiger partial charge is 0.496 e. The van der Waals surface area contributed by atoms with E-state index < -0.39 is 0 Å². The van der Waals surface area contributed by atoms with E-state index in [4.69, 9.17) is 14.8 Å². The van der Waals surface area contributed by atoms with Gasteiger partial charge in [0.05, 0.1) is 18.5 Å². The number of hydrogen-bond acceptors (Lipinski definition) is 6. The van der Waals surface area contributed by atoms with E-state index in [0.717, 1.165) is 74.2 Å². The number of likely N-dealkylation sites (tertiary alicyclic amines) is 1. The van der Waals surface area contributed by atoms with Gasteiger partial charge in [-0.3, -0.25) is 9.58 Å². The molecule has 7 nitrogen and oxygen atoms in total. The Kier molecular flexibility index (Phi) is 6.31. The Labute approximate surface area is 196 Å². The molecule has 33 heavy (non-hydrogen) atoms. The Bertz CT molecular complexity index is 1100. The highest BCUT2D eigenvalue weighted by atomic mass is 16.5. The topological polar surface area (TPSA) is 59.3 Å². The smallest absolute Gasteiger partial charge is 0.225 e. The minimum Gasteiger partial charge on any atom is -0.496 e. The first-order valence-electron chi connectivity index (χ1n) is 12.1. The molecule has 0 unspecified atom stereocenters. The monoisotopic (exact) mass is 446 g/mol. The lowest BCUT2D eigenvalue weighted by atomic mass is 9.91. The second kappa shape index (κ2) is 9.51. The first-order chi connectivity index (χ1) is 16.1. The van der Waals surface area contributed by atoms with Crippen LogP contribution >= 0.6 is 0 Å². The van der Waals surface area contributed by atoms with Crippen molar-refractivity contribution >= 4 is 5.95 Å². The Morgan fingerprint density at radius 1 is 1.09 bits per heavy atom. The van der Waals surface area contributed by atoms with Gasteiger partial charge in [-0.05, 0) is 51.3 Å². The van der Waals surface area contributed by atoms with Crippen molar-refractivity contribution in [3.8, 4) is 17.0 Å². The van der Waals surface area contributed by atoms with Crippen molar-refractivity contribution in [1.82, 2.24) is 24.6 Å². The van der Waals surface area contributed by atoms with Crippen molar-refractivity contribution in [2.24, 2.45) is 7.05 Å². The van der Waals surface area contributed by atoms with Crippen LogP contribution in [-0.4, -0.2) is 57.9 Å². The molecule has 0 aliphatic carbocycles. The maximum atomic E-state index is 5.63. The minimum absolute atomic E-state index is 0.385. The predicted octanol–water partition coefficient (Wildman–Crippen LogP) is 4.17. The Hall–Kier alpha value is -2.93. The van der Waals surface area contributed by atoms with Crippen LogP contribution in [0, 0.1) is 6.92 Å². The third-order valence-corrected chi connectivity index (χ3v) is 6.89. The van der Waals surface area contributed by atoms with Crippen molar-refractivity contribution in [2.75, 3.05) is 38.2 Å². The molecule has 174 valence electrons. The maximum Gasteiger partial charge on any atom is 0.225 e.